The van der Waals surface area contributed by atoms with E-state index in [1.807, 2.05) is 0 Å². The molecule has 0 unspecified atom stereocenters. The zero-order valence-corrected chi connectivity index (χ0v) is 9.28. The molecule has 86 valence electrons. The van der Waals surface area contributed by atoms with Gasteiger partial charge in [0, 0.05) is 12.1 Å². The summed E-state index contributed by atoms with van der Waals surface area (Å²) in [5.74, 6) is 0. The number of rotatable bonds is 3. The molecule has 0 saturated heterocycles. The van der Waals surface area contributed by atoms with Gasteiger partial charge < -0.3 is 11.1 Å². The molecule has 0 atom stereocenters. The van der Waals surface area contributed by atoms with Crippen molar-refractivity contribution in [2.24, 2.45) is 5.73 Å². The third-order valence-corrected chi connectivity index (χ3v) is 3.01. The van der Waals surface area contributed by atoms with Crippen LogP contribution in [0.25, 0.3) is 0 Å². The predicted octanol–water partition coefficient (Wildman–Crippen LogP) is 2.15. The fourth-order valence-corrected chi connectivity index (χ4v) is 2.06. The van der Waals surface area contributed by atoms with Crippen molar-refractivity contribution >= 4 is 23.0 Å². The summed E-state index contributed by atoms with van der Waals surface area (Å²) < 4.78 is 0. The Hall–Kier alpha value is -1.33. The molecule has 2 rings (SSSR count). The molecule has 1 fully saturated rings. The van der Waals surface area contributed by atoms with Gasteiger partial charge in [0.25, 0.3) is 0 Å². The van der Waals surface area contributed by atoms with Crippen LogP contribution in [0.3, 0.4) is 0 Å². The minimum Gasteiger partial charge on any atom is -0.377 e. The Morgan fingerprint density at radius 3 is 2.75 bits per heavy atom. The number of hydrogen-bond acceptors (Lipinski definition) is 4. The first-order valence-corrected chi connectivity index (χ1v) is 5.40. The molecule has 1 aromatic carbocycles. The quantitative estimate of drug-likeness (QED) is 0.628. The zero-order valence-electron chi connectivity index (χ0n) is 8.52. The molecule has 1 aliphatic carbocycles. The van der Waals surface area contributed by atoms with Crippen molar-refractivity contribution in [2.45, 2.75) is 24.9 Å². The number of nitrogens with two attached hydrogens (primary N) is 1. The van der Waals surface area contributed by atoms with E-state index in [-0.39, 0.29) is 22.8 Å². The van der Waals surface area contributed by atoms with Gasteiger partial charge in [0.15, 0.2) is 0 Å². The Morgan fingerprint density at radius 2 is 2.19 bits per heavy atom. The predicted molar refractivity (Wildman–Crippen MR) is 62.7 cm³/mol. The highest BCUT2D eigenvalue weighted by atomic mass is 35.5. The molecule has 0 spiro atoms. The molecule has 3 N–H and O–H groups in total. The Morgan fingerprint density at radius 1 is 1.50 bits per heavy atom. The van der Waals surface area contributed by atoms with Crippen molar-refractivity contribution < 1.29 is 4.92 Å². The van der Waals surface area contributed by atoms with Gasteiger partial charge in [-0.05, 0) is 25.0 Å². The van der Waals surface area contributed by atoms with Gasteiger partial charge in [0.05, 0.1) is 4.92 Å². The molecule has 5 nitrogen and oxygen atoms in total. The van der Waals surface area contributed by atoms with Crippen molar-refractivity contribution in [2.75, 3.05) is 5.32 Å². The molecule has 0 amide bonds. The van der Waals surface area contributed by atoms with Gasteiger partial charge in [0.2, 0.25) is 0 Å². The van der Waals surface area contributed by atoms with Gasteiger partial charge in [-0.25, -0.2) is 0 Å². The zero-order chi connectivity index (χ0) is 11.7. The molecule has 0 aromatic heterocycles. The van der Waals surface area contributed by atoms with Gasteiger partial charge in [-0.1, -0.05) is 17.7 Å². The Balaban J connectivity index is 2.19. The first kappa shape index (κ1) is 11.2. The number of nitro groups is 1. The summed E-state index contributed by atoms with van der Waals surface area (Å²) in [6, 6.07) is 5.28. The molecule has 1 aromatic rings. The maximum Gasteiger partial charge on any atom is 0.310 e. The SMILES string of the molecule is NC1CC(Nc2cccc(Cl)c2[N+](=O)[O-])C1. The van der Waals surface area contributed by atoms with Crippen molar-refractivity contribution in [3.05, 3.63) is 33.3 Å². The number of nitrogens with zero attached hydrogens (tertiary/aromatic N) is 1. The topological polar surface area (TPSA) is 81.2 Å². The fraction of sp³-hybridized carbons (Fsp3) is 0.400. The molecule has 16 heavy (non-hydrogen) atoms. The van der Waals surface area contributed by atoms with Crippen LogP contribution in [0.1, 0.15) is 12.8 Å². The van der Waals surface area contributed by atoms with Gasteiger partial charge in [-0.2, -0.15) is 0 Å². The molecule has 0 bridgehead atoms. The van der Waals surface area contributed by atoms with Crippen molar-refractivity contribution in [1.82, 2.24) is 0 Å². The van der Waals surface area contributed by atoms with Crippen molar-refractivity contribution in [3.63, 3.8) is 0 Å². The lowest BCUT2D eigenvalue weighted by molar-refractivity contribution is -0.383. The summed E-state index contributed by atoms with van der Waals surface area (Å²) >= 11 is 5.79. The van der Waals surface area contributed by atoms with Crippen LogP contribution in [-0.2, 0) is 0 Å². The average Bonchev–Trinajstić information content (AvgIpc) is 2.14. The monoisotopic (exact) mass is 241 g/mol. The van der Waals surface area contributed by atoms with E-state index in [0.29, 0.717) is 5.69 Å². The molecular weight excluding hydrogens is 230 g/mol. The van der Waals surface area contributed by atoms with Crippen LogP contribution in [0.2, 0.25) is 5.02 Å². The molecule has 6 heteroatoms. The van der Waals surface area contributed by atoms with Crippen molar-refractivity contribution in [1.29, 1.82) is 0 Å². The van der Waals surface area contributed by atoms with Crippen LogP contribution in [0.4, 0.5) is 11.4 Å². The van der Waals surface area contributed by atoms with Crippen LogP contribution >= 0.6 is 11.6 Å². The van der Waals surface area contributed by atoms with E-state index in [2.05, 4.69) is 5.32 Å². The van der Waals surface area contributed by atoms with Crippen LogP contribution in [0, 0.1) is 10.1 Å². The minimum absolute atomic E-state index is 0.0651. The highest BCUT2D eigenvalue weighted by molar-refractivity contribution is 6.33. The van der Waals surface area contributed by atoms with E-state index in [4.69, 9.17) is 17.3 Å². The minimum atomic E-state index is -0.469. The van der Waals surface area contributed by atoms with Crippen LogP contribution in [0.5, 0.6) is 0 Å². The number of halogens is 1. The third-order valence-electron chi connectivity index (χ3n) is 2.70. The van der Waals surface area contributed by atoms with E-state index in [9.17, 15) is 10.1 Å². The maximum atomic E-state index is 10.9. The number of anilines is 1. The van der Waals surface area contributed by atoms with Gasteiger partial charge in [0.1, 0.15) is 10.7 Å². The molecule has 0 aliphatic heterocycles. The van der Waals surface area contributed by atoms with Gasteiger partial charge in [-0.3, -0.25) is 10.1 Å². The van der Waals surface area contributed by atoms with E-state index >= 15 is 0 Å². The van der Waals surface area contributed by atoms with E-state index in [1.54, 1.807) is 12.1 Å². The smallest absolute Gasteiger partial charge is 0.310 e. The molecule has 1 saturated carbocycles. The fourth-order valence-electron chi connectivity index (χ4n) is 1.82. The average molecular weight is 242 g/mol. The second-order valence-electron chi connectivity index (χ2n) is 3.97. The number of benzene rings is 1. The molecule has 0 heterocycles. The Labute approximate surface area is 97.7 Å². The van der Waals surface area contributed by atoms with Crippen LogP contribution in [-0.4, -0.2) is 17.0 Å². The van der Waals surface area contributed by atoms with Crippen LogP contribution < -0.4 is 11.1 Å². The van der Waals surface area contributed by atoms with E-state index in [0.717, 1.165) is 12.8 Å². The Kier molecular flexibility index (Phi) is 2.98. The first-order valence-electron chi connectivity index (χ1n) is 5.03. The molecule has 0 radical (unpaired) electrons. The maximum absolute atomic E-state index is 10.9. The second-order valence-corrected chi connectivity index (χ2v) is 4.37. The summed E-state index contributed by atoms with van der Waals surface area (Å²) in [5.41, 5.74) is 6.05. The summed E-state index contributed by atoms with van der Waals surface area (Å²) in [5, 5.41) is 14.1. The first-order chi connectivity index (χ1) is 7.58. The number of nitrogens with one attached hydrogen (secondary N) is 1. The summed E-state index contributed by atoms with van der Waals surface area (Å²) in [7, 11) is 0. The largest absolute Gasteiger partial charge is 0.377 e. The summed E-state index contributed by atoms with van der Waals surface area (Å²) in [6.45, 7) is 0. The normalized spacial score (nSPS) is 23.6. The lowest BCUT2D eigenvalue weighted by atomic mass is 9.87. The highest BCUT2D eigenvalue weighted by Crippen LogP contribution is 2.34. The van der Waals surface area contributed by atoms with Crippen LogP contribution in [0.15, 0.2) is 18.2 Å². The van der Waals surface area contributed by atoms with E-state index in [1.165, 1.54) is 6.07 Å². The molecular formula is C10H12ClN3O2. The Bertz CT molecular complexity index is 419. The highest BCUT2D eigenvalue weighted by Gasteiger charge is 2.28. The van der Waals surface area contributed by atoms with E-state index < -0.39 is 4.92 Å². The van der Waals surface area contributed by atoms with Gasteiger partial charge in [-0.15, -0.1) is 0 Å². The lowest BCUT2D eigenvalue weighted by Crippen LogP contribution is -2.44. The summed E-state index contributed by atoms with van der Waals surface area (Å²) in [6.07, 6.45) is 1.67. The summed E-state index contributed by atoms with van der Waals surface area (Å²) in [4.78, 5) is 10.4. The van der Waals surface area contributed by atoms with Gasteiger partial charge >= 0.3 is 5.69 Å². The lowest BCUT2D eigenvalue weighted by Gasteiger charge is -2.33. The second kappa shape index (κ2) is 4.27. The third kappa shape index (κ3) is 2.10. The number of hydrogen-bond donors (Lipinski definition) is 2. The number of nitro benzene ring substituents is 1. The van der Waals surface area contributed by atoms with Crippen molar-refractivity contribution in [3.8, 4) is 0 Å². The standard InChI is InChI=1S/C10H12ClN3O2/c11-8-2-1-3-9(10(8)14(15)16)13-7-4-6(12)5-7/h1-3,6-7,13H,4-5,12H2. The molecule has 1 aliphatic rings. The number of para-hydroxylation sites is 1.